The highest BCUT2D eigenvalue weighted by Gasteiger charge is 2.11. The normalized spacial score (nSPS) is 16.1. The quantitative estimate of drug-likeness (QED) is 0.753. The molecule has 1 aromatic rings. The fourth-order valence-electron chi connectivity index (χ4n) is 1.84. The largest absolute Gasteiger partial charge is 0.379 e. The van der Waals surface area contributed by atoms with Gasteiger partial charge in [-0.2, -0.15) is 0 Å². The summed E-state index contributed by atoms with van der Waals surface area (Å²) in [4.78, 5) is 22.2. The van der Waals surface area contributed by atoms with Gasteiger partial charge in [0.05, 0.1) is 25.6 Å². The van der Waals surface area contributed by atoms with E-state index in [1.807, 2.05) is 0 Å². The fraction of sp³-hybridized carbons (Fsp3) is 0.583. The van der Waals surface area contributed by atoms with Gasteiger partial charge in [-0.25, -0.2) is 4.98 Å². The predicted octanol–water partition coefficient (Wildman–Crippen LogP) is -0.420. The molecule has 1 aromatic heterocycles. The lowest BCUT2D eigenvalue weighted by Gasteiger charge is -2.26. The maximum atomic E-state index is 11.9. The SMILES string of the molecule is CNc1cncc(C(=O)NCCN2CCOCC2)n1. The van der Waals surface area contributed by atoms with Crippen molar-refractivity contribution in [3.63, 3.8) is 0 Å². The minimum atomic E-state index is -0.196. The van der Waals surface area contributed by atoms with E-state index < -0.39 is 0 Å². The van der Waals surface area contributed by atoms with Crippen LogP contribution in [-0.2, 0) is 4.74 Å². The molecule has 0 bridgehead atoms. The van der Waals surface area contributed by atoms with E-state index in [9.17, 15) is 4.79 Å². The lowest BCUT2D eigenvalue weighted by molar-refractivity contribution is 0.0383. The summed E-state index contributed by atoms with van der Waals surface area (Å²) in [7, 11) is 1.74. The summed E-state index contributed by atoms with van der Waals surface area (Å²) in [6.45, 7) is 4.81. The Hall–Kier alpha value is -1.73. The zero-order valence-electron chi connectivity index (χ0n) is 11.1. The Kier molecular flexibility index (Phi) is 5.05. The Bertz CT molecular complexity index is 420. The summed E-state index contributed by atoms with van der Waals surface area (Å²) < 4.78 is 5.27. The van der Waals surface area contributed by atoms with E-state index in [-0.39, 0.29) is 5.91 Å². The van der Waals surface area contributed by atoms with Gasteiger partial charge in [0.1, 0.15) is 11.5 Å². The van der Waals surface area contributed by atoms with Crippen molar-refractivity contribution < 1.29 is 9.53 Å². The standard InChI is InChI=1S/C12H19N5O2/c1-13-11-9-14-8-10(16-11)12(18)15-2-3-17-4-6-19-7-5-17/h8-9H,2-7H2,1H3,(H,13,16)(H,15,18). The minimum Gasteiger partial charge on any atom is -0.379 e. The van der Waals surface area contributed by atoms with E-state index in [4.69, 9.17) is 4.74 Å². The predicted molar refractivity (Wildman–Crippen MR) is 71.2 cm³/mol. The van der Waals surface area contributed by atoms with Crippen LogP contribution >= 0.6 is 0 Å². The van der Waals surface area contributed by atoms with Crippen molar-refractivity contribution in [1.82, 2.24) is 20.2 Å². The van der Waals surface area contributed by atoms with Crippen molar-refractivity contribution in [2.24, 2.45) is 0 Å². The fourth-order valence-corrected chi connectivity index (χ4v) is 1.84. The average Bonchev–Trinajstić information content (AvgIpc) is 2.48. The molecule has 2 rings (SSSR count). The number of carbonyl (C=O) groups is 1. The van der Waals surface area contributed by atoms with Crippen LogP contribution in [0.1, 0.15) is 10.5 Å². The number of hydrogen-bond acceptors (Lipinski definition) is 6. The number of rotatable bonds is 5. The van der Waals surface area contributed by atoms with Crippen molar-refractivity contribution in [2.45, 2.75) is 0 Å². The molecule has 1 saturated heterocycles. The molecule has 2 N–H and O–H groups in total. The second-order valence-corrected chi connectivity index (χ2v) is 4.25. The molecule has 7 nitrogen and oxygen atoms in total. The Balaban J connectivity index is 1.77. The second-order valence-electron chi connectivity index (χ2n) is 4.25. The van der Waals surface area contributed by atoms with E-state index in [1.54, 1.807) is 13.2 Å². The molecule has 0 unspecified atom stereocenters. The molecule has 104 valence electrons. The monoisotopic (exact) mass is 265 g/mol. The molecule has 0 spiro atoms. The molecule has 0 aliphatic carbocycles. The Labute approximate surface area is 112 Å². The lowest BCUT2D eigenvalue weighted by Crippen LogP contribution is -2.41. The van der Waals surface area contributed by atoms with Crippen LogP contribution in [-0.4, -0.2) is 67.2 Å². The van der Waals surface area contributed by atoms with Gasteiger partial charge in [0.25, 0.3) is 5.91 Å². The molecule has 1 aliphatic heterocycles. The summed E-state index contributed by atoms with van der Waals surface area (Å²) in [6.07, 6.45) is 3.04. The number of morpholine rings is 1. The summed E-state index contributed by atoms with van der Waals surface area (Å²) in [5.41, 5.74) is 0.328. The lowest BCUT2D eigenvalue weighted by atomic mass is 10.4. The number of amides is 1. The molecular formula is C12H19N5O2. The highest BCUT2D eigenvalue weighted by atomic mass is 16.5. The third-order valence-electron chi connectivity index (χ3n) is 2.94. The molecule has 7 heteroatoms. The molecule has 1 aliphatic rings. The van der Waals surface area contributed by atoms with Crippen LogP contribution in [0.2, 0.25) is 0 Å². The number of aromatic nitrogens is 2. The molecule has 1 amide bonds. The molecule has 0 aromatic carbocycles. The highest BCUT2D eigenvalue weighted by molar-refractivity contribution is 5.92. The molecule has 19 heavy (non-hydrogen) atoms. The van der Waals surface area contributed by atoms with Crippen molar-refractivity contribution in [3.8, 4) is 0 Å². The number of carbonyl (C=O) groups excluding carboxylic acids is 1. The van der Waals surface area contributed by atoms with E-state index in [0.717, 1.165) is 32.8 Å². The first-order valence-corrected chi connectivity index (χ1v) is 6.37. The van der Waals surface area contributed by atoms with Gasteiger partial charge < -0.3 is 15.4 Å². The number of nitrogens with one attached hydrogen (secondary N) is 2. The molecule has 1 fully saturated rings. The third kappa shape index (κ3) is 4.15. The van der Waals surface area contributed by atoms with Gasteiger partial charge in [-0.15, -0.1) is 0 Å². The summed E-state index contributed by atoms with van der Waals surface area (Å²) in [6, 6.07) is 0. The van der Waals surface area contributed by atoms with E-state index in [2.05, 4.69) is 25.5 Å². The van der Waals surface area contributed by atoms with Crippen LogP contribution in [0.25, 0.3) is 0 Å². The number of hydrogen-bond donors (Lipinski definition) is 2. The van der Waals surface area contributed by atoms with Crippen molar-refractivity contribution >= 4 is 11.7 Å². The summed E-state index contributed by atoms with van der Waals surface area (Å²) in [5.74, 6) is 0.388. The number of ether oxygens (including phenoxy) is 1. The maximum absolute atomic E-state index is 11.9. The molecule has 0 radical (unpaired) electrons. The van der Waals surface area contributed by atoms with Gasteiger partial charge in [-0.3, -0.25) is 14.7 Å². The molecule has 2 heterocycles. The van der Waals surface area contributed by atoms with Crippen LogP contribution in [0.3, 0.4) is 0 Å². The topological polar surface area (TPSA) is 79.4 Å². The van der Waals surface area contributed by atoms with Gasteiger partial charge in [0.15, 0.2) is 0 Å². The van der Waals surface area contributed by atoms with Gasteiger partial charge in [-0.1, -0.05) is 0 Å². The zero-order chi connectivity index (χ0) is 13.5. The van der Waals surface area contributed by atoms with Crippen LogP contribution < -0.4 is 10.6 Å². The molecule has 0 atom stereocenters. The Morgan fingerprint density at radius 1 is 1.42 bits per heavy atom. The summed E-state index contributed by atoms with van der Waals surface area (Å²) in [5, 5.41) is 5.70. The van der Waals surface area contributed by atoms with Crippen LogP contribution in [0.5, 0.6) is 0 Å². The summed E-state index contributed by atoms with van der Waals surface area (Å²) >= 11 is 0. The van der Waals surface area contributed by atoms with E-state index in [1.165, 1.54) is 6.20 Å². The number of anilines is 1. The van der Waals surface area contributed by atoms with Crippen molar-refractivity contribution in [1.29, 1.82) is 0 Å². The van der Waals surface area contributed by atoms with E-state index in [0.29, 0.717) is 18.1 Å². The van der Waals surface area contributed by atoms with Gasteiger partial charge in [0, 0.05) is 33.2 Å². The Morgan fingerprint density at radius 3 is 2.95 bits per heavy atom. The zero-order valence-corrected chi connectivity index (χ0v) is 11.1. The van der Waals surface area contributed by atoms with Gasteiger partial charge in [0.2, 0.25) is 0 Å². The number of nitrogens with zero attached hydrogens (tertiary/aromatic N) is 3. The smallest absolute Gasteiger partial charge is 0.271 e. The first-order valence-electron chi connectivity index (χ1n) is 6.37. The van der Waals surface area contributed by atoms with Crippen LogP contribution in [0.15, 0.2) is 12.4 Å². The minimum absolute atomic E-state index is 0.196. The van der Waals surface area contributed by atoms with Crippen LogP contribution in [0, 0.1) is 0 Å². The van der Waals surface area contributed by atoms with E-state index >= 15 is 0 Å². The molecule has 0 saturated carbocycles. The van der Waals surface area contributed by atoms with Gasteiger partial charge >= 0.3 is 0 Å². The highest BCUT2D eigenvalue weighted by Crippen LogP contribution is 2.00. The first-order chi connectivity index (χ1) is 9.29. The molecular weight excluding hydrogens is 246 g/mol. The van der Waals surface area contributed by atoms with Gasteiger partial charge in [-0.05, 0) is 0 Å². The average molecular weight is 265 g/mol. The van der Waals surface area contributed by atoms with Crippen molar-refractivity contribution in [3.05, 3.63) is 18.1 Å². The first kappa shape index (κ1) is 13.7. The van der Waals surface area contributed by atoms with Crippen LogP contribution in [0.4, 0.5) is 5.82 Å². The Morgan fingerprint density at radius 2 is 2.21 bits per heavy atom. The third-order valence-corrected chi connectivity index (χ3v) is 2.94. The van der Waals surface area contributed by atoms with Crippen molar-refractivity contribution in [2.75, 3.05) is 51.8 Å². The maximum Gasteiger partial charge on any atom is 0.271 e. The second kappa shape index (κ2) is 7.01.